The summed E-state index contributed by atoms with van der Waals surface area (Å²) in [5, 5.41) is 34.9. The van der Waals surface area contributed by atoms with E-state index in [0.29, 0.717) is 31.6 Å². The number of benzene rings is 1. The highest BCUT2D eigenvalue weighted by Crippen LogP contribution is 2.44. The van der Waals surface area contributed by atoms with Crippen molar-refractivity contribution in [3.63, 3.8) is 0 Å². The van der Waals surface area contributed by atoms with Crippen LogP contribution in [0.2, 0.25) is 0 Å². The number of hydrogen-bond acceptors (Lipinski definition) is 8. The standard InChI is InChI=1S/C22H28FN3O7/c1-13(2)25-20(14-3-5-15(23)6-4-14)16-7-9-24-10-8-17(16)26(25)33-19(29)12-22(32,21(30)31)11-18(27)28/h3-6,13,20,24,32H,7-12H2,1-2H3,(H,27,28)(H,30,31). The summed E-state index contributed by atoms with van der Waals surface area (Å²) < 4.78 is 13.6. The first kappa shape index (κ1) is 24.6. The Hall–Kier alpha value is -3.02. The van der Waals surface area contributed by atoms with E-state index in [1.165, 1.54) is 17.3 Å². The first-order valence-electron chi connectivity index (χ1n) is 10.7. The molecule has 2 atom stereocenters. The van der Waals surface area contributed by atoms with E-state index in [1.54, 1.807) is 17.1 Å². The maximum atomic E-state index is 13.6. The fraction of sp³-hybridized carbons (Fsp3) is 0.500. The van der Waals surface area contributed by atoms with Gasteiger partial charge in [-0.05, 0) is 50.1 Å². The summed E-state index contributed by atoms with van der Waals surface area (Å²) in [6.07, 6.45) is -1.03. The zero-order valence-corrected chi connectivity index (χ0v) is 18.5. The lowest BCUT2D eigenvalue weighted by Crippen LogP contribution is -2.48. The summed E-state index contributed by atoms with van der Waals surface area (Å²) in [7, 11) is 0. The molecule has 2 unspecified atom stereocenters. The summed E-state index contributed by atoms with van der Waals surface area (Å²) in [6, 6.07) is 5.53. The zero-order chi connectivity index (χ0) is 24.3. The van der Waals surface area contributed by atoms with Crippen LogP contribution in [0.25, 0.3) is 0 Å². The second-order valence-corrected chi connectivity index (χ2v) is 8.47. The van der Waals surface area contributed by atoms with E-state index in [0.717, 1.165) is 11.1 Å². The molecule has 2 aliphatic heterocycles. The van der Waals surface area contributed by atoms with E-state index < -0.39 is 36.4 Å². The van der Waals surface area contributed by atoms with Crippen molar-refractivity contribution >= 4 is 17.9 Å². The molecule has 10 nitrogen and oxygen atoms in total. The molecule has 0 saturated heterocycles. The SMILES string of the molecule is CC(C)N1C(c2ccc(F)cc2)C2=C(CCNCC2)N1OC(=O)CC(O)(CC(=O)O)C(=O)O. The van der Waals surface area contributed by atoms with Crippen LogP contribution in [0.1, 0.15) is 51.1 Å². The zero-order valence-electron chi connectivity index (χ0n) is 18.5. The van der Waals surface area contributed by atoms with Crippen molar-refractivity contribution in [2.45, 2.75) is 57.2 Å². The second kappa shape index (κ2) is 9.86. The van der Waals surface area contributed by atoms with E-state index in [2.05, 4.69) is 5.32 Å². The quantitative estimate of drug-likeness (QED) is 0.447. The number of carbonyl (C=O) groups excluding carboxylic acids is 1. The Labute approximate surface area is 190 Å². The molecule has 3 rings (SSSR count). The van der Waals surface area contributed by atoms with Gasteiger partial charge in [-0.2, -0.15) is 5.01 Å². The molecule has 11 heteroatoms. The Bertz CT molecular complexity index is 950. The van der Waals surface area contributed by atoms with Gasteiger partial charge >= 0.3 is 17.9 Å². The number of hydrogen-bond donors (Lipinski definition) is 4. The summed E-state index contributed by atoms with van der Waals surface area (Å²) in [4.78, 5) is 40.7. The molecule has 0 aliphatic carbocycles. The van der Waals surface area contributed by atoms with Gasteiger partial charge in [0.15, 0.2) is 5.60 Å². The number of aliphatic hydroxyl groups is 1. The molecule has 0 aromatic heterocycles. The van der Waals surface area contributed by atoms with Gasteiger partial charge in [0.25, 0.3) is 0 Å². The summed E-state index contributed by atoms with van der Waals surface area (Å²) in [6.45, 7) is 5.09. The number of carboxylic acid groups (broad SMARTS) is 2. The molecule has 4 N–H and O–H groups in total. The maximum absolute atomic E-state index is 13.6. The normalized spacial score (nSPS) is 20.9. The van der Waals surface area contributed by atoms with Crippen LogP contribution in [0.4, 0.5) is 4.39 Å². The van der Waals surface area contributed by atoms with Crippen LogP contribution >= 0.6 is 0 Å². The monoisotopic (exact) mass is 465 g/mol. The molecule has 1 aromatic rings. The fourth-order valence-corrected chi connectivity index (χ4v) is 4.22. The molecule has 1 aromatic carbocycles. The number of nitrogens with one attached hydrogen (secondary N) is 1. The van der Waals surface area contributed by atoms with Crippen LogP contribution < -0.4 is 5.32 Å². The average molecular weight is 465 g/mol. The number of halogens is 1. The lowest BCUT2D eigenvalue weighted by molar-refractivity contribution is -0.259. The number of hydroxylamine groups is 1. The van der Waals surface area contributed by atoms with Gasteiger partial charge in [-0.3, -0.25) is 4.79 Å². The largest absolute Gasteiger partial charge is 0.481 e. The van der Waals surface area contributed by atoms with Crippen molar-refractivity contribution in [1.29, 1.82) is 0 Å². The fourth-order valence-electron chi connectivity index (χ4n) is 4.22. The molecule has 0 bridgehead atoms. The second-order valence-electron chi connectivity index (χ2n) is 8.47. The van der Waals surface area contributed by atoms with Crippen molar-refractivity contribution in [2.75, 3.05) is 13.1 Å². The first-order valence-corrected chi connectivity index (χ1v) is 10.7. The summed E-state index contributed by atoms with van der Waals surface area (Å²) in [5.74, 6) is -4.85. The first-order chi connectivity index (χ1) is 15.5. The molecule has 2 heterocycles. The number of nitrogens with zero attached hydrogens (tertiary/aromatic N) is 2. The number of carboxylic acids is 2. The lowest BCUT2D eigenvalue weighted by atomic mass is 9.95. The van der Waals surface area contributed by atoms with Gasteiger partial charge in [-0.1, -0.05) is 12.1 Å². The Morgan fingerprint density at radius 2 is 1.79 bits per heavy atom. The highest BCUT2D eigenvalue weighted by atomic mass is 19.1. The topological polar surface area (TPSA) is 140 Å². The number of hydrazine groups is 1. The van der Waals surface area contributed by atoms with Gasteiger partial charge in [0.05, 0.1) is 24.6 Å². The molecule has 180 valence electrons. The Kier molecular flexibility index (Phi) is 7.35. The van der Waals surface area contributed by atoms with E-state index >= 15 is 0 Å². The molecule has 33 heavy (non-hydrogen) atoms. The van der Waals surface area contributed by atoms with E-state index in [1.807, 2.05) is 13.8 Å². The number of rotatable bonds is 8. The van der Waals surface area contributed by atoms with Gasteiger partial charge in [-0.15, -0.1) is 5.17 Å². The summed E-state index contributed by atoms with van der Waals surface area (Å²) >= 11 is 0. The predicted octanol–water partition coefficient (Wildman–Crippen LogP) is 1.58. The summed E-state index contributed by atoms with van der Waals surface area (Å²) in [5.41, 5.74) is -0.310. The maximum Gasteiger partial charge on any atom is 0.337 e. The van der Waals surface area contributed by atoms with E-state index in [4.69, 9.17) is 9.94 Å². The van der Waals surface area contributed by atoms with Crippen molar-refractivity contribution in [3.05, 3.63) is 46.9 Å². The van der Waals surface area contributed by atoms with Crippen molar-refractivity contribution in [3.8, 4) is 0 Å². The molecule has 0 spiro atoms. The molecule has 0 amide bonds. The Balaban J connectivity index is 1.94. The van der Waals surface area contributed by atoms with Crippen molar-refractivity contribution < 1.29 is 38.9 Å². The molecule has 2 aliphatic rings. The molecular weight excluding hydrogens is 437 g/mol. The smallest absolute Gasteiger partial charge is 0.337 e. The van der Waals surface area contributed by atoms with Crippen LogP contribution in [0.5, 0.6) is 0 Å². The third kappa shape index (κ3) is 5.32. The third-order valence-corrected chi connectivity index (χ3v) is 5.70. The molecular formula is C22H28FN3O7. The van der Waals surface area contributed by atoms with E-state index in [-0.39, 0.29) is 17.9 Å². The number of carbonyl (C=O) groups is 3. The van der Waals surface area contributed by atoms with Crippen LogP contribution in [0.15, 0.2) is 35.5 Å². The number of aliphatic carboxylic acids is 2. The van der Waals surface area contributed by atoms with Crippen LogP contribution in [-0.4, -0.2) is 68.1 Å². The molecule has 0 fully saturated rings. The lowest BCUT2D eigenvalue weighted by Gasteiger charge is -2.37. The third-order valence-electron chi connectivity index (χ3n) is 5.70. The van der Waals surface area contributed by atoms with E-state index in [9.17, 15) is 29.0 Å². The molecule has 0 radical (unpaired) electrons. The van der Waals surface area contributed by atoms with Gasteiger partial charge < -0.3 is 25.5 Å². The Morgan fingerprint density at radius 1 is 1.15 bits per heavy atom. The van der Waals surface area contributed by atoms with Gasteiger partial charge in [-0.25, -0.2) is 14.0 Å². The van der Waals surface area contributed by atoms with Crippen LogP contribution in [-0.2, 0) is 19.2 Å². The minimum atomic E-state index is -2.80. The highest BCUT2D eigenvalue weighted by molar-refractivity contribution is 5.88. The predicted molar refractivity (Wildman–Crippen MR) is 113 cm³/mol. The van der Waals surface area contributed by atoms with Gasteiger partial charge in [0, 0.05) is 19.0 Å². The minimum Gasteiger partial charge on any atom is -0.481 e. The Morgan fingerprint density at radius 3 is 2.36 bits per heavy atom. The van der Waals surface area contributed by atoms with Gasteiger partial charge in [0.2, 0.25) is 0 Å². The van der Waals surface area contributed by atoms with Crippen molar-refractivity contribution in [2.24, 2.45) is 0 Å². The molecule has 0 saturated carbocycles. The van der Waals surface area contributed by atoms with Crippen LogP contribution in [0, 0.1) is 5.82 Å². The van der Waals surface area contributed by atoms with Crippen molar-refractivity contribution in [1.82, 2.24) is 15.5 Å². The highest BCUT2D eigenvalue weighted by Gasteiger charge is 2.46. The average Bonchev–Trinajstić information content (AvgIpc) is 2.86. The van der Waals surface area contributed by atoms with Gasteiger partial charge in [0.1, 0.15) is 5.82 Å². The minimum absolute atomic E-state index is 0.176. The van der Waals surface area contributed by atoms with Crippen LogP contribution in [0.3, 0.4) is 0 Å².